The van der Waals surface area contributed by atoms with E-state index in [1.807, 2.05) is 47.1 Å². The second kappa shape index (κ2) is 7.35. The van der Waals surface area contributed by atoms with E-state index >= 15 is 0 Å². The minimum Gasteiger partial charge on any atom is -0.497 e. The van der Waals surface area contributed by atoms with Crippen molar-refractivity contribution in [3.05, 3.63) is 58.9 Å². The summed E-state index contributed by atoms with van der Waals surface area (Å²) in [5, 5.41) is 8.51. The molecule has 1 aromatic heterocycles. The zero-order valence-corrected chi connectivity index (χ0v) is 16.5. The summed E-state index contributed by atoms with van der Waals surface area (Å²) in [7, 11) is 1.63. The molecule has 2 heterocycles. The number of methoxy groups -OCH3 is 1. The van der Waals surface area contributed by atoms with E-state index in [4.69, 9.17) is 9.84 Å². The number of hydrogen-bond acceptors (Lipinski definition) is 5. The van der Waals surface area contributed by atoms with E-state index in [0.717, 1.165) is 35.4 Å². The van der Waals surface area contributed by atoms with Crippen LogP contribution in [0.3, 0.4) is 0 Å². The second-order valence-corrected chi connectivity index (χ2v) is 7.80. The number of nitrogens with one attached hydrogen (secondary N) is 1. The van der Waals surface area contributed by atoms with Crippen LogP contribution in [0.25, 0.3) is 22.6 Å². The largest absolute Gasteiger partial charge is 0.497 e. The van der Waals surface area contributed by atoms with Crippen molar-refractivity contribution in [2.24, 2.45) is 5.92 Å². The Morgan fingerprint density at radius 2 is 1.79 bits per heavy atom. The summed E-state index contributed by atoms with van der Waals surface area (Å²) in [5.74, 6) is 1.86. The topological polar surface area (TPSA) is 69.0 Å². The molecule has 3 aromatic rings. The molecule has 0 unspecified atom stereocenters. The van der Waals surface area contributed by atoms with Gasteiger partial charge in [-0.05, 0) is 55.2 Å². The van der Waals surface area contributed by atoms with E-state index in [2.05, 4.69) is 16.4 Å². The molecule has 148 valence electrons. The van der Waals surface area contributed by atoms with Crippen LogP contribution >= 0.6 is 0 Å². The normalized spacial score (nSPS) is 18.4. The SMILES string of the molecule is COc1ccc(-c2nn3c(nc2=O)-c2ccccc2N[C@@H]3C2CCCCC2)cc1. The van der Waals surface area contributed by atoms with Gasteiger partial charge < -0.3 is 10.1 Å². The van der Waals surface area contributed by atoms with Crippen LogP contribution in [-0.2, 0) is 0 Å². The Labute approximate surface area is 169 Å². The molecule has 0 saturated heterocycles. The van der Waals surface area contributed by atoms with Crippen molar-refractivity contribution in [2.45, 2.75) is 38.3 Å². The van der Waals surface area contributed by atoms with Crippen LogP contribution in [0, 0.1) is 5.92 Å². The lowest BCUT2D eigenvalue weighted by Crippen LogP contribution is -2.36. The van der Waals surface area contributed by atoms with Crippen molar-refractivity contribution >= 4 is 5.69 Å². The molecule has 6 nitrogen and oxygen atoms in total. The van der Waals surface area contributed by atoms with Gasteiger partial charge in [0.05, 0.1) is 7.11 Å². The van der Waals surface area contributed by atoms with E-state index < -0.39 is 0 Å². The summed E-state index contributed by atoms with van der Waals surface area (Å²) in [6.07, 6.45) is 6.08. The van der Waals surface area contributed by atoms with Crippen molar-refractivity contribution in [1.29, 1.82) is 0 Å². The summed E-state index contributed by atoms with van der Waals surface area (Å²) in [5.41, 5.74) is 2.76. The Kier molecular flexibility index (Phi) is 4.54. The van der Waals surface area contributed by atoms with Crippen LogP contribution < -0.4 is 15.6 Å². The number of anilines is 1. The molecule has 1 atom stereocenters. The highest BCUT2D eigenvalue weighted by Crippen LogP contribution is 2.40. The molecule has 1 aliphatic carbocycles. The first-order valence-corrected chi connectivity index (χ1v) is 10.3. The fourth-order valence-electron chi connectivity index (χ4n) is 4.50. The first-order valence-electron chi connectivity index (χ1n) is 10.3. The van der Waals surface area contributed by atoms with Gasteiger partial charge in [-0.15, -0.1) is 0 Å². The first kappa shape index (κ1) is 17.9. The van der Waals surface area contributed by atoms with Gasteiger partial charge >= 0.3 is 0 Å². The number of rotatable bonds is 3. The molecule has 0 spiro atoms. The number of hydrogen-bond donors (Lipinski definition) is 1. The average molecular weight is 388 g/mol. The molecule has 29 heavy (non-hydrogen) atoms. The monoisotopic (exact) mass is 388 g/mol. The predicted octanol–water partition coefficient (Wildman–Crippen LogP) is 4.49. The minimum absolute atomic E-state index is 0.00491. The fourth-order valence-corrected chi connectivity index (χ4v) is 4.50. The Hall–Kier alpha value is -3.15. The van der Waals surface area contributed by atoms with Crippen molar-refractivity contribution in [3.8, 4) is 28.4 Å². The molecule has 1 fully saturated rings. The zero-order chi connectivity index (χ0) is 19.8. The van der Waals surface area contributed by atoms with Gasteiger partial charge in [0, 0.05) is 16.8 Å². The van der Waals surface area contributed by atoms with Gasteiger partial charge in [-0.25, -0.2) is 4.68 Å². The third kappa shape index (κ3) is 3.18. The fraction of sp³-hybridized carbons (Fsp3) is 0.348. The molecular formula is C23H24N4O2. The molecule has 5 rings (SSSR count). The summed E-state index contributed by atoms with van der Waals surface area (Å²) >= 11 is 0. The van der Waals surface area contributed by atoms with Gasteiger partial charge in [-0.2, -0.15) is 10.1 Å². The van der Waals surface area contributed by atoms with Crippen LogP contribution in [0.4, 0.5) is 5.69 Å². The Bertz CT molecular complexity index is 1080. The van der Waals surface area contributed by atoms with Crippen molar-refractivity contribution in [2.75, 3.05) is 12.4 Å². The number of benzene rings is 2. The van der Waals surface area contributed by atoms with Gasteiger partial charge in [0.2, 0.25) is 0 Å². The lowest BCUT2D eigenvalue weighted by atomic mass is 9.86. The summed E-state index contributed by atoms with van der Waals surface area (Å²) in [4.78, 5) is 17.4. The number of aromatic nitrogens is 3. The summed E-state index contributed by atoms with van der Waals surface area (Å²) in [6.45, 7) is 0. The third-order valence-electron chi connectivity index (χ3n) is 6.03. The zero-order valence-electron chi connectivity index (χ0n) is 16.5. The maximum absolute atomic E-state index is 12.9. The Balaban J connectivity index is 1.66. The highest BCUT2D eigenvalue weighted by Gasteiger charge is 2.33. The molecule has 0 bridgehead atoms. The van der Waals surface area contributed by atoms with Crippen LogP contribution in [0.1, 0.15) is 38.3 Å². The average Bonchev–Trinajstić information content (AvgIpc) is 2.79. The van der Waals surface area contributed by atoms with E-state index in [9.17, 15) is 4.79 Å². The number of ether oxygens (including phenoxy) is 1. The Morgan fingerprint density at radius 3 is 2.55 bits per heavy atom. The Morgan fingerprint density at radius 1 is 1.03 bits per heavy atom. The first-order chi connectivity index (χ1) is 14.2. The molecule has 1 N–H and O–H groups in total. The molecule has 1 aliphatic heterocycles. The molecule has 0 amide bonds. The molecule has 2 aliphatic rings. The van der Waals surface area contributed by atoms with E-state index in [0.29, 0.717) is 17.4 Å². The highest BCUT2D eigenvalue weighted by molar-refractivity contribution is 5.76. The maximum Gasteiger partial charge on any atom is 0.300 e. The summed E-state index contributed by atoms with van der Waals surface area (Å²) in [6, 6.07) is 15.4. The van der Waals surface area contributed by atoms with Gasteiger partial charge in [0.15, 0.2) is 11.5 Å². The minimum atomic E-state index is -0.305. The van der Waals surface area contributed by atoms with E-state index in [1.54, 1.807) is 7.11 Å². The van der Waals surface area contributed by atoms with Gasteiger partial charge in [-0.3, -0.25) is 4.79 Å². The third-order valence-corrected chi connectivity index (χ3v) is 6.03. The smallest absolute Gasteiger partial charge is 0.300 e. The lowest BCUT2D eigenvalue weighted by molar-refractivity contribution is 0.253. The summed E-state index contributed by atoms with van der Waals surface area (Å²) < 4.78 is 7.18. The number of para-hydroxylation sites is 1. The van der Waals surface area contributed by atoms with Gasteiger partial charge in [-0.1, -0.05) is 31.4 Å². The van der Waals surface area contributed by atoms with Crippen LogP contribution in [0.15, 0.2) is 53.3 Å². The van der Waals surface area contributed by atoms with Gasteiger partial charge in [0.25, 0.3) is 5.56 Å². The number of fused-ring (bicyclic) bond motifs is 3. The second-order valence-electron chi connectivity index (χ2n) is 7.80. The van der Waals surface area contributed by atoms with Crippen LogP contribution in [-0.4, -0.2) is 21.9 Å². The molecular weight excluding hydrogens is 364 g/mol. The standard InChI is InChI=1S/C23H24N4O2/c1-29-17-13-11-15(12-14-17)20-23(28)25-22-18-9-5-6-10-19(18)24-21(27(22)26-20)16-7-3-2-4-8-16/h5-6,9-14,16,21,24H,2-4,7-8H2,1H3/t21-/m0/s1. The lowest BCUT2D eigenvalue weighted by Gasteiger charge is -2.37. The predicted molar refractivity (Wildman–Crippen MR) is 113 cm³/mol. The molecule has 2 aromatic carbocycles. The quantitative estimate of drug-likeness (QED) is 0.716. The van der Waals surface area contributed by atoms with Crippen LogP contribution in [0.5, 0.6) is 5.75 Å². The van der Waals surface area contributed by atoms with E-state index in [-0.39, 0.29) is 11.7 Å². The molecule has 0 radical (unpaired) electrons. The van der Waals surface area contributed by atoms with Crippen molar-refractivity contribution < 1.29 is 4.74 Å². The molecule has 1 saturated carbocycles. The van der Waals surface area contributed by atoms with Gasteiger partial charge in [0.1, 0.15) is 11.9 Å². The van der Waals surface area contributed by atoms with Crippen molar-refractivity contribution in [3.63, 3.8) is 0 Å². The molecule has 6 heteroatoms. The van der Waals surface area contributed by atoms with Crippen LogP contribution in [0.2, 0.25) is 0 Å². The maximum atomic E-state index is 12.9. The van der Waals surface area contributed by atoms with Crippen molar-refractivity contribution in [1.82, 2.24) is 14.8 Å². The number of nitrogens with zero attached hydrogens (tertiary/aromatic N) is 3. The highest BCUT2D eigenvalue weighted by atomic mass is 16.5. The van der Waals surface area contributed by atoms with E-state index in [1.165, 1.54) is 19.3 Å².